The Kier molecular flexibility index (Phi) is 3.93. The van der Waals surface area contributed by atoms with E-state index >= 15 is 0 Å². The summed E-state index contributed by atoms with van der Waals surface area (Å²) in [5.41, 5.74) is 3.08. The van der Waals surface area contributed by atoms with Crippen LogP contribution in [0, 0.1) is 0 Å². The monoisotopic (exact) mass is 372 g/mol. The first-order chi connectivity index (χ1) is 13.7. The molecule has 2 aromatic carbocycles. The van der Waals surface area contributed by atoms with E-state index in [0.29, 0.717) is 5.69 Å². The number of benzene rings is 2. The fraction of sp³-hybridized carbons (Fsp3) is 0.238. The molecular formula is C21H20N6O. The second kappa shape index (κ2) is 6.60. The molecule has 4 aromatic rings. The van der Waals surface area contributed by atoms with Crippen molar-refractivity contribution in [3.8, 4) is 11.4 Å². The molecular weight excluding hydrogens is 352 g/mol. The van der Waals surface area contributed by atoms with Gasteiger partial charge in [-0.05, 0) is 43.2 Å². The molecule has 0 spiro atoms. The van der Waals surface area contributed by atoms with Crippen molar-refractivity contribution in [1.82, 2.24) is 24.5 Å². The zero-order chi connectivity index (χ0) is 19.1. The van der Waals surface area contributed by atoms with Crippen molar-refractivity contribution in [3.63, 3.8) is 0 Å². The SMILES string of the molecule is Cn1nc(C(=O)Nc2ccc(-c3nnc4n3CCCC4)cc2)c2ccccc21. The van der Waals surface area contributed by atoms with E-state index in [1.807, 2.05) is 55.6 Å². The van der Waals surface area contributed by atoms with Crippen molar-refractivity contribution in [1.29, 1.82) is 0 Å². The van der Waals surface area contributed by atoms with Crippen molar-refractivity contribution in [2.24, 2.45) is 7.05 Å². The van der Waals surface area contributed by atoms with E-state index in [2.05, 4.69) is 25.2 Å². The van der Waals surface area contributed by atoms with Crippen LogP contribution < -0.4 is 5.32 Å². The van der Waals surface area contributed by atoms with Gasteiger partial charge in [-0.1, -0.05) is 18.2 Å². The van der Waals surface area contributed by atoms with E-state index in [0.717, 1.165) is 53.2 Å². The summed E-state index contributed by atoms with van der Waals surface area (Å²) in [5, 5.41) is 16.8. The number of hydrogen-bond donors (Lipinski definition) is 1. The zero-order valence-corrected chi connectivity index (χ0v) is 15.6. The average molecular weight is 372 g/mol. The van der Waals surface area contributed by atoms with Crippen LogP contribution in [-0.4, -0.2) is 30.5 Å². The van der Waals surface area contributed by atoms with Gasteiger partial charge in [0.15, 0.2) is 11.5 Å². The predicted octanol–water partition coefficient (Wildman–Crippen LogP) is 3.42. The number of amides is 1. The van der Waals surface area contributed by atoms with E-state index in [-0.39, 0.29) is 5.91 Å². The van der Waals surface area contributed by atoms with Gasteiger partial charge >= 0.3 is 0 Å². The van der Waals surface area contributed by atoms with Crippen LogP contribution in [0.5, 0.6) is 0 Å². The molecule has 0 saturated heterocycles. The average Bonchev–Trinajstić information content (AvgIpc) is 3.31. The van der Waals surface area contributed by atoms with Crippen molar-refractivity contribution in [2.45, 2.75) is 25.8 Å². The number of carbonyl (C=O) groups is 1. The van der Waals surface area contributed by atoms with Crippen molar-refractivity contribution in [2.75, 3.05) is 5.32 Å². The van der Waals surface area contributed by atoms with Gasteiger partial charge in [-0.25, -0.2) is 0 Å². The third-order valence-electron chi connectivity index (χ3n) is 5.23. The summed E-state index contributed by atoms with van der Waals surface area (Å²) in [7, 11) is 1.84. The van der Waals surface area contributed by atoms with Gasteiger partial charge in [-0.15, -0.1) is 10.2 Å². The Balaban J connectivity index is 1.39. The van der Waals surface area contributed by atoms with Crippen LogP contribution in [0.3, 0.4) is 0 Å². The Bertz CT molecular complexity index is 1170. The fourth-order valence-corrected chi connectivity index (χ4v) is 3.80. The maximum Gasteiger partial charge on any atom is 0.276 e. The molecule has 0 bridgehead atoms. The summed E-state index contributed by atoms with van der Waals surface area (Å²) < 4.78 is 3.92. The lowest BCUT2D eigenvalue weighted by Crippen LogP contribution is -2.13. The van der Waals surface area contributed by atoms with Gasteiger partial charge in [0.25, 0.3) is 5.91 Å². The van der Waals surface area contributed by atoms with E-state index in [1.165, 1.54) is 6.42 Å². The predicted molar refractivity (Wildman–Crippen MR) is 107 cm³/mol. The first-order valence-corrected chi connectivity index (χ1v) is 9.46. The van der Waals surface area contributed by atoms with Gasteiger partial charge in [0.2, 0.25) is 0 Å². The van der Waals surface area contributed by atoms with Gasteiger partial charge < -0.3 is 9.88 Å². The largest absolute Gasteiger partial charge is 0.321 e. The summed E-state index contributed by atoms with van der Waals surface area (Å²) in [6, 6.07) is 15.4. The molecule has 0 aliphatic carbocycles. The van der Waals surface area contributed by atoms with E-state index in [9.17, 15) is 4.79 Å². The number of aromatic nitrogens is 5. The molecule has 0 atom stereocenters. The minimum absolute atomic E-state index is 0.218. The zero-order valence-electron chi connectivity index (χ0n) is 15.6. The second-order valence-electron chi connectivity index (χ2n) is 7.07. The number of carbonyl (C=O) groups excluding carboxylic acids is 1. The summed E-state index contributed by atoms with van der Waals surface area (Å²) in [4.78, 5) is 12.7. The third-order valence-corrected chi connectivity index (χ3v) is 5.23. The number of hydrogen-bond acceptors (Lipinski definition) is 4. The highest BCUT2D eigenvalue weighted by Gasteiger charge is 2.18. The van der Waals surface area contributed by atoms with Gasteiger partial charge in [0, 0.05) is 36.7 Å². The summed E-state index contributed by atoms with van der Waals surface area (Å²) in [6.07, 6.45) is 3.31. The molecule has 3 heterocycles. The molecule has 5 rings (SSSR count). The number of nitrogens with zero attached hydrogens (tertiary/aromatic N) is 5. The molecule has 0 radical (unpaired) electrons. The van der Waals surface area contributed by atoms with Crippen molar-refractivity contribution in [3.05, 3.63) is 60.0 Å². The summed E-state index contributed by atoms with van der Waals surface area (Å²) in [5.74, 6) is 1.73. The normalized spacial score (nSPS) is 13.5. The molecule has 7 heteroatoms. The highest BCUT2D eigenvalue weighted by Crippen LogP contribution is 2.25. The minimum Gasteiger partial charge on any atom is -0.321 e. The molecule has 28 heavy (non-hydrogen) atoms. The lowest BCUT2D eigenvalue weighted by molar-refractivity contribution is 0.102. The summed E-state index contributed by atoms with van der Waals surface area (Å²) >= 11 is 0. The number of rotatable bonds is 3. The standard InChI is InChI=1S/C21H20N6O/c1-26-17-7-3-2-6-16(17)19(25-26)21(28)22-15-11-9-14(10-12-15)20-24-23-18-8-4-5-13-27(18)20/h2-3,6-7,9-12H,4-5,8,13H2,1H3,(H,22,28). The van der Waals surface area contributed by atoms with Crippen molar-refractivity contribution >= 4 is 22.5 Å². The van der Waals surface area contributed by atoms with Gasteiger partial charge in [-0.2, -0.15) is 5.10 Å². The van der Waals surface area contributed by atoms with E-state index in [1.54, 1.807) is 4.68 Å². The van der Waals surface area contributed by atoms with Crippen LogP contribution in [0.4, 0.5) is 5.69 Å². The Hall–Kier alpha value is -3.48. The number of nitrogens with one attached hydrogen (secondary N) is 1. The molecule has 1 N–H and O–H groups in total. The number of anilines is 1. The number of para-hydroxylation sites is 1. The highest BCUT2D eigenvalue weighted by molar-refractivity contribution is 6.11. The summed E-state index contributed by atoms with van der Waals surface area (Å²) in [6.45, 7) is 0.961. The maximum atomic E-state index is 12.7. The van der Waals surface area contributed by atoms with Crippen LogP contribution >= 0.6 is 0 Å². The van der Waals surface area contributed by atoms with Crippen LogP contribution in [0.15, 0.2) is 48.5 Å². The molecule has 1 amide bonds. The van der Waals surface area contributed by atoms with Crippen LogP contribution in [0.25, 0.3) is 22.3 Å². The van der Waals surface area contributed by atoms with Gasteiger partial charge in [0.05, 0.1) is 5.52 Å². The second-order valence-corrected chi connectivity index (χ2v) is 7.07. The molecule has 1 aliphatic heterocycles. The minimum atomic E-state index is -0.218. The van der Waals surface area contributed by atoms with Gasteiger partial charge in [0.1, 0.15) is 5.82 Å². The molecule has 140 valence electrons. The molecule has 0 saturated carbocycles. The van der Waals surface area contributed by atoms with Crippen LogP contribution in [0.2, 0.25) is 0 Å². The smallest absolute Gasteiger partial charge is 0.276 e. The highest BCUT2D eigenvalue weighted by atomic mass is 16.2. The Morgan fingerprint density at radius 3 is 2.71 bits per heavy atom. The topological polar surface area (TPSA) is 77.6 Å². The van der Waals surface area contributed by atoms with Gasteiger partial charge in [-0.3, -0.25) is 9.48 Å². The molecule has 0 unspecified atom stereocenters. The van der Waals surface area contributed by atoms with Crippen molar-refractivity contribution < 1.29 is 4.79 Å². The number of fused-ring (bicyclic) bond motifs is 2. The number of aryl methyl sites for hydroxylation is 2. The Labute approximate surface area is 162 Å². The van der Waals surface area contributed by atoms with Crippen LogP contribution in [-0.2, 0) is 20.0 Å². The first kappa shape index (κ1) is 16.7. The lowest BCUT2D eigenvalue weighted by atomic mass is 10.1. The van der Waals surface area contributed by atoms with Crippen LogP contribution in [0.1, 0.15) is 29.2 Å². The molecule has 1 aliphatic rings. The van der Waals surface area contributed by atoms with E-state index < -0.39 is 0 Å². The maximum absolute atomic E-state index is 12.7. The quantitative estimate of drug-likeness (QED) is 0.598. The Morgan fingerprint density at radius 1 is 1.04 bits per heavy atom. The lowest BCUT2D eigenvalue weighted by Gasteiger charge is -2.14. The first-order valence-electron chi connectivity index (χ1n) is 9.46. The molecule has 7 nitrogen and oxygen atoms in total. The Morgan fingerprint density at radius 2 is 1.86 bits per heavy atom. The third kappa shape index (κ3) is 2.76. The molecule has 2 aromatic heterocycles. The fourth-order valence-electron chi connectivity index (χ4n) is 3.80. The molecule has 0 fully saturated rings. The van der Waals surface area contributed by atoms with E-state index in [4.69, 9.17) is 0 Å².